The van der Waals surface area contributed by atoms with E-state index in [2.05, 4.69) is 31.3 Å². The first kappa shape index (κ1) is 16.1. The largest absolute Gasteiger partial charge is 0.325 e. The van der Waals surface area contributed by atoms with Crippen molar-refractivity contribution in [3.05, 3.63) is 28.7 Å². The highest BCUT2D eigenvalue weighted by atomic mass is 79.9. The SMILES string of the molecule is CS(=O)(=O)NCCNCC(=O)Nc1cccc(Br)c1. The Morgan fingerprint density at radius 1 is 1.32 bits per heavy atom. The highest BCUT2D eigenvalue weighted by Crippen LogP contribution is 2.15. The molecule has 1 rings (SSSR count). The molecule has 1 aromatic carbocycles. The van der Waals surface area contributed by atoms with Gasteiger partial charge < -0.3 is 10.6 Å². The average molecular weight is 350 g/mol. The number of halogens is 1. The van der Waals surface area contributed by atoms with Gasteiger partial charge in [-0.2, -0.15) is 0 Å². The molecule has 3 N–H and O–H groups in total. The van der Waals surface area contributed by atoms with Gasteiger partial charge in [0.15, 0.2) is 0 Å². The molecule has 0 radical (unpaired) electrons. The highest BCUT2D eigenvalue weighted by molar-refractivity contribution is 9.10. The summed E-state index contributed by atoms with van der Waals surface area (Å²) in [6, 6.07) is 7.27. The molecule has 6 nitrogen and oxygen atoms in total. The molecule has 0 saturated carbocycles. The molecule has 0 aliphatic carbocycles. The van der Waals surface area contributed by atoms with Crippen molar-refractivity contribution in [2.75, 3.05) is 31.2 Å². The number of hydrogen-bond donors (Lipinski definition) is 3. The van der Waals surface area contributed by atoms with E-state index in [9.17, 15) is 13.2 Å². The van der Waals surface area contributed by atoms with E-state index in [1.807, 2.05) is 12.1 Å². The molecule has 0 aliphatic heterocycles. The van der Waals surface area contributed by atoms with Crippen molar-refractivity contribution in [2.24, 2.45) is 0 Å². The number of sulfonamides is 1. The molecule has 1 aromatic rings. The number of nitrogens with one attached hydrogen (secondary N) is 3. The lowest BCUT2D eigenvalue weighted by molar-refractivity contribution is -0.115. The summed E-state index contributed by atoms with van der Waals surface area (Å²) in [5.41, 5.74) is 0.704. The topological polar surface area (TPSA) is 87.3 Å². The monoisotopic (exact) mass is 349 g/mol. The summed E-state index contributed by atoms with van der Waals surface area (Å²) in [5.74, 6) is -0.183. The van der Waals surface area contributed by atoms with Gasteiger partial charge in [0.05, 0.1) is 12.8 Å². The second-order valence-electron chi connectivity index (χ2n) is 3.90. The molecule has 0 fully saturated rings. The van der Waals surface area contributed by atoms with Gasteiger partial charge in [0, 0.05) is 23.2 Å². The lowest BCUT2D eigenvalue weighted by atomic mass is 10.3. The zero-order valence-electron chi connectivity index (χ0n) is 10.4. The van der Waals surface area contributed by atoms with Crippen LogP contribution in [-0.4, -0.2) is 40.2 Å². The summed E-state index contributed by atoms with van der Waals surface area (Å²) >= 11 is 3.31. The smallest absolute Gasteiger partial charge is 0.238 e. The van der Waals surface area contributed by atoms with Crippen molar-refractivity contribution in [1.29, 1.82) is 0 Å². The van der Waals surface area contributed by atoms with E-state index in [-0.39, 0.29) is 19.0 Å². The number of amides is 1. The van der Waals surface area contributed by atoms with Crippen molar-refractivity contribution in [3.63, 3.8) is 0 Å². The third kappa shape index (κ3) is 7.93. The highest BCUT2D eigenvalue weighted by Gasteiger charge is 2.03. The molecule has 0 heterocycles. The molecular weight excluding hydrogens is 334 g/mol. The fraction of sp³-hybridized carbons (Fsp3) is 0.364. The minimum atomic E-state index is -3.17. The zero-order valence-corrected chi connectivity index (χ0v) is 12.8. The van der Waals surface area contributed by atoms with Crippen molar-refractivity contribution >= 4 is 37.5 Å². The van der Waals surface area contributed by atoms with Crippen LogP contribution in [0, 0.1) is 0 Å². The lowest BCUT2D eigenvalue weighted by Crippen LogP contribution is -2.35. The number of carbonyl (C=O) groups excluding carboxylic acids is 1. The molecule has 0 aromatic heterocycles. The standard InChI is InChI=1S/C11H16BrN3O3S/c1-19(17,18)14-6-5-13-8-11(16)15-10-4-2-3-9(12)7-10/h2-4,7,13-14H,5-6,8H2,1H3,(H,15,16). The van der Waals surface area contributed by atoms with Crippen LogP contribution in [0.5, 0.6) is 0 Å². The summed E-state index contributed by atoms with van der Waals surface area (Å²) in [4.78, 5) is 11.6. The maximum Gasteiger partial charge on any atom is 0.238 e. The zero-order chi connectivity index (χ0) is 14.3. The minimum absolute atomic E-state index is 0.123. The number of anilines is 1. The molecular formula is C11H16BrN3O3S. The van der Waals surface area contributed by atoms with Crippen molar-refractivity contribution in [2.45, 2.75) is 0 Å². The summed E-state index contributed by atoms with van der Waals surface area (Å²) in [7, 11) is -3.17. The van der Waals surface area contributed by atoms with Crippen LogP contribution >= 0.6 is 15.9 Å². The quantitative estimate of drug-likeness (QED) is 0.626. The second kappa shape index (κ2) is 7.59. The lowest BCUT2D eigenvalue weighted by Gasteiger charge is -2.07. The van der Waals surface area contributed by atoms with Gasteiger partial charge in [-0.3, -0.25) is 4.79 Å². The van der Waals surface area contributed by atoms with Crippen molar-refractivity contribution < 1.29 is 13.2 Å². The van der Waals surface area contributed by atoms with Gasteiger partial charge in [-0.1, -0.05) is 22.0 Å². The molecule has 8 heteroatoms. The first-order valence-electron chi connectivity index (χ1n) is 5.57. The predicted octanol–water partition coefficient (Wildman–Crippen LogP) is 0.526. The van der Waals surface area contributed by atoms with Gasteiger partial charge in [0.1, 0.15) is 0 Å². The van der Waals surface area contributed by atoms with E-state index in [1.165, 1.54) is 0 Å². The molecule has 0 unspecified atom stereocenters. The Kier molecular flexibility index (Phi) is 6.43. The molecule has 19 heavy (non-hydrogen) atoms. The fourth-order valence-corrected chi connectivity index (χ4v) is 2.17. The Bertz CT molecular complexity index is 534. The van der Waals surface area contributed by atoms with E-state index in [1.54, 1.807) is 12.1 Å². The van der Waals surface area contributed by atoms with E-state index >= 15 is 0 Å². The van der Waals surface area contributed by atoms with Gasteiger partial charge >= 0.3 is 0 Å². The van der Waals surface area contributed by atoms with Crippen molar-refractivity contribution in [1.82, 2.24) is 10.0 Å². The van der Waals surface area contributed by atoms with E-state index in [0.717, 1.165) is 10.7 Å². The third-order valence-corrected chi connectivity index (χ3v) is 3.28. The molecule has 0 saturated heterocycles. The van der Waals surface area contributed by atoms with Crippen LogP contribution in [0.15, 0.2) is 28.7 Å². The van der Waals surface area contributed by atoms with E-state index in [0.29, 0.717) is 12.2 Å². The fourth-order valence-electron chi connectivity index (χ4n) is 1.30. The Balaban J connectivity index is 2.22. The van der Waals surface area contributed by atoms with Crippen LogP contribution < -0.4 is 15.4 Å². The van der Waals surface area contributed by atoms with Gasteiger partial charge in [-0.25, -0.2) is 13.1 Å². The van der Waals surface area contributed by atoms with Crippen LogP contribution in [0.4, 0.5) is 5.69 Å². The molecule has 0 bridgehead atoms. The van der Waals surface area contributed by atoms with Crippen LogP contribution in [0.1, 0.15) is 0 Å². The molecule has 1 amide bonds. The molecule has 0 spiro atoms. The summed E-state index contributed by atoms with van der Waals surface area (Å²) in [6.07, 6.45) is 1.09. The van der Waals surface area contributed by atoms with Crippen LogP contribution in [0.2, 0.25) is 0 Å². The molecule has 0 atom stereocenters. The Morgan fingerprint density at radius 3 is 2.68 bits per heavy atom. The number of rotatable bonds is 7. The predicted molar refractivity (Wildman–Crippen MR) is 78.5 cm³/mol. The van der Waals surface area contributed by atoms with Crippen LogP contribution in [0.3, 0.4) is 0 Å². The third-order valence-electron chi connectivity index (χ3n) is 2.06. The van der Waals surface area contributed by atoms with Gasteiger partial charge in [0.25, 0.3) is 0 Å². The first-order valence-corrected chi connectivity index (χ1v) is 8.26. The Morgan fingerprint density at radius 2 is 2.05 bits per heavy atom. The maximum absolute atomic E-state index is 11.6. The number of benzene rings is 1. The van der Waals surface area contributed by atoms with Crippen LogP contribution in [-0.2, 0) is 14.8 Å². The Hall–Kier alpha value is -0.960. The summed E-state index contributed by atoms with van der Waals surface area (Å²) in [5, 5.41) is 5.56. The maximum atomic E-state index is 11.6. The van der Waals surface area contributed by atoms with Crippen molar-refractivity contribution in [3.8, 4) is 0 Å². The van der Waals surface area contributed by atoms with E-state index < -0.39 is 10.0 Å². The Labute approximate surface area is 121 Å². The molecule has 106 valence electrons. The summed E-state index contributed by atoms with van der Waals surface area (Å²) < 4.78 is 24.8. The summed E-state index contributed by atoms with van der Waals surface area (Å²) in [6.45, 7) is 0.764. The van der Waals surface area contributed by atoms with Gasteiger partial charge in [-0.05, 0) is 18.2 Å². The van der Waals surface area contributed by atoms with Crippen LogP contribution in [0.25, 0.3) is 0 Å². The first-order chi connectivity index (χ1) is 8.87. The number of hydrogen-bond acceptors (Lipinski definition) is 4. The second-order valence-corrected chi connectivity index (χ2v) is 6.65. The minimum Gasteiger partial charge on any atom is -0.325 e. The van der Waals surface area contributed by atoms with Gasteiger partial charge in [-0.15, -0.1) is 0 Å². The van der Waals surface area contributed by atoms with E-state index in [4.69, 9.17) is 0 Å². The number of carbonyl (C=O) groups is 1. The normalized spacial score (nSPS) is 11.3. The molecule has 0 aliphatic rings. The van der Waals surface area contributed by atoms with Gasteiger partial charge in [0.2, 0.25) is 15.9 Å². The average Bonchev–Trinajstić information content (AvgIpc) is 2.26.